The largest absolute Gasteiger partial charge is 0.487 e. The molecule has 2 amide bonds. The van der Waals surface area contributed by atoms with Gasteiger partial charge in [-0.15, -0.1) is 8.78 Å². The highest BCUT2D eigenvalue weighted by atomic mass is 35.5. The van der Waals surface area contributed by atoms with Gasteiger partial charge in [-0.1, -0.05) is 24.3 Å². The van der Waals surface area contributed by atoms with E-state index in [9.17, 15) is 23.5 Å². The Morgan fingerprint density at radius 3 is 2.35 bits per heavy atom. The van der Waals surface area contributed by atoms with Crippen molar-refractivity contribution >= 4 is 40.6 Å². The maximum Gasteiger partial charge on any atom is 0.487 e. The normalized spacial score (nSPS) is 15.1. The first kappa shape index (κ1) is 27.1. The second-order valence-corrected chi connectivity index (χ2v) is 9.46. The number of nitrogens with zero attached hydrogens (tertiary/aromatic N) is 2. The van der Waals surface area contributed by atoms with Crippen molar-refractivity contribution in [3.8, 4) is 16.9 Å². The van der Waals surface area contributed by atoms with Gasteiger partial charge in [-0.05, 0) is 60.0 Å². The van der Waals surface area contributed by atoms with Gasteiger partial charge in [0.25, 0.3) is 11.8 Å². The minimum absolute atomic E-state index is 0.0760. The topological polar surface area (TPSA) is 117 Å². The highest BCUT2D eigenvalue weighted by Crippen LogP contribution is 2.30. The van der Waals surface area contributed by atoms with E-state index >= 15 is 0 Å². The van der Waals surface area contributed by atoms with E-state index in [0.29, 0.717) is 36.7 Å². The fourth-order valence-electron chi connectivity index (χ4n) is 4.25. The third kappa shape index (κ3) is 6.56. The second-order valence-electron chi connectivity index (χ2n) is 9.02. The number of hydrogen-bond donors (Lipinski definition) is 3. The summed E-state index contributed by atoms with van der Waals surface area (Å²) in [4.78, 5) is 32.0. The Bertz CT molecular complexity index is 1490. The molecule has 206 valence electrons. The van der Waals surface area contributed by atoms with Crippen LogP contribution in [0.25, 0.3) is 11.1 Å². The highest BCUT2D eigenvalue weighted by Gasteiger charge is 2.28. The average Bonchev–Trinajstić information content (AvgIpc) is 3.61. The van der Waals surface area contributed by atoms with E-state index in [1.807, 2.05) is 4.90 Å². The number of rotatable bonds is 8. The Kier molecular flexibility index (Phi) is 7.67. The van der Waals surface area contributed by atoms with Gasteiger partial charge in [-0.3, -0.25) is 9.59 Å². The molecule has 0 spiro atoms. The first-order chi connectivity index (χ1) is 19.1. The lowest BCUT2D eigenvalue weighted by Gasteiger charge is -2.21. The molecule has 5 rings (SSSR count). The molecule has 0 bridgehead atoms. The fourth-order valence-corrected chi connectivity index (χ4v) is 4.34. The number of nitrogens with one attached hydrogen (secondary N) is 2. The summed E-state index contributed by atoms with van der Waals surface area (Å²) in [6, 6.07) is 17.5. The van der Waals surface area contributed by atoms with E-state index in [0.717, 1.165) is 11.1 Å². The molecule has 0 unspecified atom stereocenters. The number of benzene rings is 2. The number of halogens is 3. The van der Waals surface area contributed by atoms with Crippen molar-refractivity contribution in [1.82, 2.24) is 4.98 Å². The van der Waals surface area contributed by atoms with E-state index in [4.69, 9.17) is 16.0 Å². The van der Waals surface area contributed by atoms with Gasteiger partial charge in [-0.25, -0.2) is 4.98 Å². The van der Waals surface area contributed by atoms with Crippen LogP contribution in [0.4, 0.5) is 26.0 Å². The summed E-state index contributed by atoms with van der Waals surface area (Å²) in [5.41, 5.74) is -1.26. The quantitative estimate of drug-likeness (QED) is 0.237. The number of ether oxygens (including phenoxy) is 1. The lowest BCUT2D eigenvalue weighted by atomic mass is 10.1. The van der Waals surface area contributed by atoms with Crippen molar-refractivity contribution in [2.75, 3.05) is 28.6 Å². The standard InChI is InChI=1S/C28H23ClF2N4O5/c29-28(30,31)40-22-9-5-18(6-10-22)17-3-7-20(8-4-17)33-26(37)19-14-23(34-27(38)24-2-1-13-39-24)25(32-15-19)35-12-11-21(36)16-35/h1-10,13-15,21,36H,11-12,16H2,(H,33,37)(H,34,38)/t21-/m1/s1. The van der Waals surface area contributed by atoms with Gasteiger partial charge in [0, 0.05) is 36.6 Å². The minimum atomic E-state index is -3.79. The number of aliphatic hydroxyl groups is 1. The van der Waals surface area contributed by atoms with Crippen molar-refractivity contribution < 1.29 is 32.6 Å². The van der Waals surface area contributed by atoms with Crippen LogP contribution < -0.4 is 20.3 Å². The number of furan rings is 1. The van der Waals surface area contributed by atoms with Gasteiger partial charge in [0.1, 0.15) is 5.75 Å². The molecule has 3 heterocycles. The zero-order valence-corrected chi connectivity index (χ0v) is 21.6. The van der Waals surface area contributed by atoms with E-state index in [1.165, 1.54) is 36.7 Å². The summed E-state index contributed by atoms with van der Waals surface area (Å²) in [6.45, 7) is 0.897. The molecule has 1 atom stereocenters. The van der Waals surface area contributed by atoms with Crippen LogP contribution in [-0.4, -0.2) is 46.7 Å². The van der Waals surface area contributed by atoms with Crippen LogP contribution in [0.3, 0.4) is 0 Å². The van der Waals surface area contributed by atoms with Crippen molar-refractivity contribution in [2.24, 2.45) is 0 Å². The SMILES string of the molecule is O=C(Nc1ccc(-c2ccc(OC(F)(F)Cl)cc2)cc1)c1cnc(N2CC[C@@H](O)C2)c(NC(=O)c2ccco2)c1. The molecule has 0 saturated carbocycles. The first-order valence-corrected chi connectivity index (χ1v) is 12.6. The van der Waals surface area contributed by atoms with Gasteiger partial charge in [-0.2, -0.15) is 0 Å². The van der Waals surface area contributed by atoms with Crippen molar-refractivity contribution in [1.29, 1.82) is 0 Å². The molecule has 0 aliphatic carbocycles. The number of alkyl halides is 3. The van der Waals surface area contributed by atoms with E-state index in [1.54, 1.807) is 42.5 Å². The van der Waals surface area contributed by atoms with Crippen LogP contribution in [-0.2, 0) is 0 Å². The number of hydrogen-bond acceptors (Lipinski definition) is 7. The molecule has 0 radical (unpaired) electrons. The fraction of sp³-hybridized carbons (Fsp3) is 0.179. The molecule has 1 aliphatic rings. The van der Waals surface area contributed by atoms with Crippen molar-refractivity contribution in [3.05, 3.63) is 90.5 Å². The number of pyridine rings is 1. The predicted molar refractivity (Wildman–Crippen MR) is 145 cm³/mol. The van der Waals surface area contributed by atoms with Crippen LogP contribution >= 0.6 is 11.6 Å². The Morgan fingerprint density at radius 2 is 1.75 bits per heavy atom. The Hall–Kier alpha value is -4.48. The highest BCUT2D eigenvalue weighted by molar-refractivity contribution is 6.20. The summed E-state index contributed by atoms with van der Waals surface area (Å²) in [5.74, 6) is -0.500. The monoisotopic (exact) mass is 568 g/mol. The van der Waals surface area contributed by atoms with E-state index < -0.39 is 23.5 Å². The molecule has 1 saturated heterocycles. The lowest BCUT2D eigenvalue weighted by Crippen LogP contribution is -2.25. The molecule has 1 fully saturated rings. The van der Waals surface area contributed by atoms with Crippen LogP contribution in [0, 0.1) is 0 Å². The number of β-amino-alcohol motifs (C(OH)–C–C–N with tert-alkyl or cyclic N) is 1. The second kappa shape index (κ2) is 11.3. The minimum Gasteiger partial charge on any atom is -0.459 e. The molecule has 3 N–H and O–H groups in total. The zero-order valence-electron chi connectivity index (χ0n) is 20.8. The molecule has 2 aromatic carbocycles. The van der Waals surface area contributed by atoms with Gasteiger partial charge in [0.05, 0.1) is 23.6 Å². The van der Waals surface area contributed by atoms with Gasteiger partial charge in [0.2, 0.25) is 0 Å². The number of amides is 2. The predicted octanol–water partition coefficient (Wildman–Crippen LogP) is 5.59. The molecule has 40 heavy (non-hydrogen) atoms. The van der Waals surface area contributed by atoms with Crippen LogP contribution in [0.1, 0.15) is 27.3 Å². The third-order valence-electron chi connectivity index (χ3n) is 6.15. The molecule has 1 aliphatic heterocycles. The summed E-state index contributed by atoms with van der Waals surface area (Å²) in [6.07, 6.45) is 2.84. The Morgan fingerprint density at radius 1 is 1.05 bits per heavy atom. The van der Waals surface area contributed by atoms with E-state index in [2.05, 4.69) is 20.4 Å². The number of carbonyl (C=O) groups is 2. The molecule has 12 heteroatoms. The molecule has 2 aromatic heterocycles. The molecular weight excluding hydrogens is 546 g/mol. The van der Waals surface area contributed by atoms with Crippen molar-refractivity contribution in [3.63, 3.8) is 0 Å². The van der Waals surface area contributed by atoms with Crippen LogP contribution in [0.5, 0.6) is 5.75 Å². The number of aromatic nitrogens is 1. The van der Waals surface area contributed by atoms with Gasteiger partial charge in [0.15, 0.2) is 11.6 Å². The average molecular weight is 569 g/mol. The van der Waals surface area contributed by atoms with Crippen molar-refractivity contribution in [2.45, 2.75) is 18.1 Å². The lowest BCUT2D eigenvalue weighted by molar-refractivity contribution is -0.0964. The Labute approximate surface area is 232 Å². The van der Waals surface area contributed by atoms with Crippen LogP contribution in [0.15, 0.2) is 83.6 Å². The van der Waals surface area contributed by atoms with Gasteiger partial charge >= 0.3 is 5.57 Å². The summed E-state index contributed by atoms with van der Waals surface area (Å²) in [5, 5.41) is 15.5. The number of carbonyl (C=O) groups excluding carboxylic acids is 2. The maximum atomic E-state index is 13.0. The third-order valence-corrected chi connectivity index (χ3v) is 6.23. The Balaban J connectivity index is 1.31. The maximum absolute atomic E-state index is 13.0. The number of aliphatic hydroxyl groups excluding tert-OH is 1. The van der Waals surface area contributed by atoms with Gasteiger partial charge < -0.3 is 29.8 Å². The first-order valence-electron chi connectivity index (χ1n) is 12.2. The summed E-state index contributed by atoms with van der Waals surface area (Å²) in [7, 11) is 0. The number of anilines is 3. The zero-order chi connectivity index (χ0) is 28.3. The summed E-state index contributed by atoms with van der Waals surface area (Å²) < 4.78 is 35.1. The molecular formula is C28H23ClF2N4O5. The summed E-state index contributed by atoms with van der Waals surface area (Å²) >= 11 is 4.79. The smallest absolute Gasteiger partial charge is 0.459 e. The van der Waals surface area contributed by atoms with E-state index in [-0.39, 0.29) is 17.1 Å². The molecule has 4 aromatic rings. The molecule has 9 nitrogen and oxygen atoms in total. The van der Waals surface area contributed by atoms with Crippen LogP contribution in [0.2, 0.25) is 0 Å².